The number of hydrogen-bond acceptors (Lipinski definition) is 14. The van der Waals surface area contributed by atoms with E-state index < -0.39 is 9.85 Å². The van der Waals surface area contributed by atoms with Crippen LogP contribution in [0.2, 0.25) is 5.15 Å². The standard InChI is InChI=1S/C10H11N3O3.C10H13N3O.C5H3ClN2O2.C5H9NO/c14-13(15)9-3-1-2-8(11-9)12-5-4-10(12)6-16-7-10;11-8-2-1-3-9(12-8)13-5-4-10(13)6-14-7-10;6-4-2-1-3-5(7-4)8(9)10;1-2-6-5(1)3-7-4-5/h1-3H,4-7H2;1-3H,4-7H2,(H2,11,12);1-3H;6H,1-4H2. The average Bonchev–Trinajstić information content (AvgIpc) is 2.90. The van der Waals surface area contributed by atoms with Crippen LogP contribution in [-0.4, -0.2) is 101 Å². The first kappa shape index (κ1) is 32.7. The lowest BCUT2D eigenvalue weighted by atomic mass is 9.83. The molecule has 6 aliphatic rings. The Morgan fingerprint density at radius 3 is 1.53 bits per heavy atom. The average molecular weight is 670 g/mol. The SMILES string of the molecule is C1CC2(COC2)N1.Nc1cccc(N2CCC23COC3)n1.O=[N+]([O-])c1cccc(Cl)n1.O=[N+]([O-])c1cccc(N2CCC23COC3)n1. The number of nitrogens with zero attached hydrogens (tertiary/aromatic N) is 7. The Morgan fingerprint density at radius 2 is 1.21 bits per heavy atom. The van der Waals surface area contributed by atoms with Gasteiger partial charge in [-0.2, -0.15) is 0 Å². The number of rotatable bonds is 4. The Morgan fingerprint density at radius 1 is 0.723 bits per heavy atom. The van der Waals surface area contributed by atoms with Crippen LogP contribution in [0.1, 0.15) is 19.3 Å². The minimum Gasteiger partial charge on any atom is -0.384 e. The number of nitrogens with two attached hydrogens (primary N) is 1. The number of anilines is 3. The van der Waals surface area contributed by atoms with Crippen molar-refractivity contribution in [3.05, 3.63) is 80.0 Å². The summed E-state index contributed by atoms with van der Waals surface area (Å²) >= 11 is 5.37. The number of ether oxygens (including phenoxy) is 3. The molecule has 6 saturated heterocycles. The van der Waals surface area contributed by atoms with Gasteiger partial charge in [-0.3, -0.25) is 0 Å². The van der Waals surface area contributed by atoms with Crippen LogP contribution in [-0.2, 0) is 14.2 Å². The molecule has 0 radical (unpaired) electrons. The maximum Gasteiger partial charge on any atom is 0.365 e. The van der Waals surface area contributed by atoms with Crippen LogP contribution in [0.5, 0.6) is 0 Å². The zero-order chi connectivity index (χ0) is 33.1. The second-order valence-corrected chi connectivity index (χ2v) is 12.7. The van der Waals surface area contributed by atoms with Crippen LogP contribution < -0.4 is 20.9 Å². The molecule has 17 heteroatoms. The summed E-state index contributed by atoms with van der Waals surface area (Å²) in [7, 11) is 0. The molecule has 0 aromatic carbocycles. The number of halogens is 1. The summed E-state index contributed by atoms with van der Waals surface area (Å²) in [6.07, 6.45) is 3.62. The van der Waals surface area contributed by atoms with Crippen molar-refractivity contribution in [2.24, 2.45) is 0 Å². The summed E-state index contributed by atoms with van der Waals surface area (Å²) in [6, 6.07) is 14.9. The summed E-state index contributed by atoms with van der Waals surface area (Å²) in [6.45, 7) is 8.16. The summed E-state index contributed by atoms with van der Waals surface area (Å²) in [5.74, 6) is 1.93. The lowest BCUT2D eigenvalue weighted by molar-refractivity contribution is -0.389. The molecule has 0 unspecified atom stereocenters. The third kappa shape index (κ3) is 6.92. The van der Waals surface area contributed by atoms with Gasteiger partial charge >= 0.3 is 11.6 Å². The van der Waals surface area contributed by atoms with Gasteiger partial charge < -0.3 is 55.3 Å². The van der Waals surface area contributed by atoms with E-state index in [1.54, 1.807) is 6.07 Å². The fourth-order valence-corrected chi connectivity index (χ4v) is 6.06. The zero-order valence-electron chi connectivity index (χ0n) is 25.6. The van der Waals surface area contributed by atoms with E-state index >= 15 is 0 Å². The van der Waals surface area contributed by atoms with Gasteiger partial charge in [-0.05, 0) is 81.5 Å². The summed E-state index contributed by atoms with van der Waals surface area (Å²) < 4.78 is 15.5. The molecule has 9 rings (SSSR count). The lowest BCUT2D eigenvalue weighted by Crippen LogP contribution is -2.71. The van der Waals surface area contributed by atoms with Crippen LogP contribution in [0.3, 0.4) is 0 Å². The highest BCUT2D eigenvalue weighted by molar-refractivity contribution is 6.29. The van der Waals surface area contributed by atoms with E-state index in [0.717, 1.165) is 51.8 Å². The van der Waals surface area contributed by atoms with Gasteiger partial charge in [-0.15, -0.1) is 0 Å². The molecule has 0 bridgehead atoms. The molecule has 3 aromatic rings. The first-order chi connectivity index (χ1) is 22.6. The smallest absolute Gasteiger partial charge is 0.365 e. The van der Waals surface area contributed by atoms with E-state index in [1.165, 1.54) is 43.7 Å². The van der Waals surface area contributed by atoms with Crippen molar-refractivity contribution >= 4 is 40.7 Å². The summed E-state index contributed by atoms with van der Waals surface area (Å²) in [4.78, 5) is 35.8. The van der Waals surface area contributed by atoms with Crippen molar-refractivity contribution in [2.75, 3.05) is 74.8 Å². The van der Waals surface area contributed by atoms with Crippen molar-refractivity contribution in [2.45, 2.75) is 35.9 Å². The maximum absolute atomic E-state index is 10.6. The minimum atomic E-state index is -0.591. The predicted molar refractivity (Wildman–Crippen MR) is 173 cm³/mol. The Labute approximate surface area is 275 Å². The topological polar surface area (TPSA) is 197 Å². The molecule has 0 amide bonds. The highest BCUT2D eigenvalue weighted by Crippen LogP contribution is 2.41. The second kappa shape index (κ2) is 13.5. The third-order valence-electron chi connectivity index (χ3n) is 9.19. The number of aromatic nitrogens is 3. The van der Waals surface area contributed by atoms with E-state index in [2.05, 4.69) is 30.1 Å². The van der Waals surface area contributed by atoms with Crippen LogP contribution in [0.25, 0.3) is 0 Å². The molecule has 6 fully saturated rings. The lowest BCUT2D eigenvalue weighted by Gasteiger charge is -2.58. The van der Waals surface area contributed by atoms with Gasteiger partial charge in [0.2, 0.25) is 11.0 Å². The van der Waals surface area contributed by atoms with E-state index in [-0.39, 0.29) is 27.9 Å². The summed E-state index contributed by atoms with van der Waals surface area (Å²) in [5.41, 5.74) is 6.45. The maximum atomic E-state index is 10.6. The Balaban J connectivity index is 0.000000114. The number of pyridine rings is 3. The van der Waals surface area contributed by atoms with Crippen LogP contribution in [0, 0.1) is 20.2 Å². The van der Waals surface area contributed by atoms with Gasteiger partial charge in [0.15, 0.2) is 0 Å². The van der Waals surface area contributed by atoms with E-state index in [0.29, 0.717) is 30.4 Å². The Hall–Kier alpha value is -4.22. The van der Waals surface area contributed by atoms with Gasteiger partial charge in [-0.1, -0.05) is 6.07 Å². The molecule has 0 aliphatic carbocycles. The molecule has 47 heavy (non-hydrogen) atoms. The number of hydrogen-bond donors (Lipinski definition) is 2. The van der Waals surface area contributed by atoms with Crippen molar-refractivity contribution in [1.82, 2.24) is 20.3 Å². The Bertz CT molecular complexity index is 1570. The second-order valence-electron chi connectivity index (χ2n) is 12.3. The van der Waals surface area contributed by atoms with Crippen LogP contribution >= 0.6 is 11.6 Å². The minimum absolute atomic E-state index is 0.0716. The number of nitrogens with one attached hydrogen (secondary N) is 1. The van der Waals surface area contributed by atoms with Crippen molar-refractivity contribution in [1.29, 1.82) is 0 Å². The summed E-state index contributed by atoms with van der Waals surface area (Å²) in [5, 5.41) is 24.1. The normalized spacial score (nSPS) is 21.2. The molecule has 3 aromatic heterocycles. The molecule has 250 valence electrons. The van der Waals surface area contributed by atoms with Gasteiger partial charge in [0.25, 0.3) is 0 Å². The van der Waals surface area contributed by atoms with E-state index in [1.807, 2.05) is 24.3 Å². The van der Waals surface area contributed by atoms with Gasteiger partial charge in [0.05, 0.1) is 56.3 Å². The zero-order valence-corrected chi connectivity index (χ0v) is 26.4. The highest BCUT2D eigenvalue weighted by Gasteiger charge is 2.53. The molecule has 16 nitrogen and oxygen atoms in total. The van der Waals surface area contributed by atoms with Gasteiger partial charge in [0, 0.05) is 37.4 Å². The fraction of sp³-hybridized carbons (Fsp3) is 0.500. The molecule has 0 atom stereocenters. The molecule has 3 N–H and O–H groups in total. The fourth-order valence-electron chi connectivity index (χ4n) is 5.90. The molecule has 0 saturated carbocycles. The molecule has 9 heterocycles. The van der Waals surface area contributed by atoms with Gasteiger partial charge in [0.1, 0.15) is 11.6 Å². The largest absolute Gasteiger partial charge is 0.384 e. The molecular formula is C30H36ClN9O7. The number of nitro groups is 2. The van der Waals surface area contributed by atoms with Crippen LogP contribution in [0.4, 0.5) is 29.1 Å². The van der Waals surface area contributed by atoms with Crippen LogP contribution in [0.15, 0.2) is 54.6 Å². The van der Waals surface area contributed by atoms with Crippen molar-refractivity contribution in [3.63, 3.8) is 0 Å². The highest BCUT2D eigenvalue weighted by atomic mass is 35.5. The first-order valence-electron chi connectivity index (χ1n) is 15.3. The number of nitrogen functional groups attached to an aromatic ring is 1. The monoisotopic (exact) mass is 669 g/mol. The molecule has 6 aliphatic heterocycles. The quantitative estimate of drug-likeness (QED) is 0.233. The van der Waals surface area contributed by atoms with Gasteiger partial charge in [-0.25, -0.2) is 4.98 Å². The molecule has 3 spiro atoms. The van der Waals surface area contributed by atoms with E-state index in [9.17, 15) is 20.2 Å². The van der Waals surface area contributed by atoms with Crippen molar-refractivity contribution in [3.8, 4) is 0 Å². The third-order valence-corrected chi connectivity index (χ3v) is 9.40. The van der Waals surface area contributed by atoms with Crippen molar-refractivity contribution < 1.29 is 24.1 Å². The first-order valence-corrected chi connectivity index (χ1v) is 15.7. The molecular weight excluding hydrogens is 634 g/mol. The van der Waals surface area contributed by atoms with E-state index in [4.69, 9.17) is 31.5 Å². The Kier molecular flexibility index (Phi) is 9.39. The predicted octanol–water partition coefficient (Wildman–Crippen LogP) is 3.00.